The van der Waals surface area contributed by atoms with E-state index in [2.05, 4.69) is 6.07 Å². The van der Waals surface area contributed by atoms with Gasteiger partial charge in [-0.25, -0.2) is 0 Å². The Morgan fingerprint density at radius 1 is 1.14 bits per heavy atom. The van der Waals surface area contributed by atoms with Crippen LogP contribution in [0, 0.1) is 17.2 Å². The van der Waals surface area contributed by atoms with Gasteiger partial charge in [0.25, 0.3) is 0 Å². The lowest BCUT2D eigenvalue weighted by atomic mass is 9.92. The molecule has 1 aliphatic rings. The number of ketones is 1. The number of halogens is 1. The van der Waals surface area contributed by atoms with Crippen LogP contribution in [-0.2, 0) is 4.79 Å². The molecule has 1 aliphatic carbocycles. The number of carbonyl (C=O) groups is 1. The summed E-state index contributed by atoms with van der Waals surface area (Å²) in [5.41, 5.74) is 1.79. The summed E-state index contributed by atoms with van der Waals surface area (Å²) >= 11 is 6.12. The van der Waals surface area contributed by atoms with Gasteiger partial charge in [0.1, 0.15) is 5.92 Å². The van der Waals surface area contributed by atoms with Crippen LogP contribution in [-0.4, -0.2) is 5.78 Å². The Morgan fingerprint density at radius 2 is 1.81 bits per heavy atom. The van der Waals surface area contributed by atoms with E-state index in [0.29, 0.717) is 10.6 Å². The van der Waals surface area contributed by atoms with Gasteiger partial charge in [0, 0.05) is 10.9 Å². The molecular formula is C18H14ClNO. The Morgan fingerprint density at radius 3 is 2.48 bits per heavy atom. The quantitative estimate of drug-likeness (QED) is 0.843. The smallest absolute Gasteiger partial charge is 0.158 e. The van der Waals surface area contributed by atoms with Gasteiger partial charge in [-0.2, -0.15) is 5.26 Å². The number of nitriles is 1. The van der Waals surface area contributed by atoms with Gasteiger partial charge >= 0.3 is 0 Å². The van der Waals surface area contributed by atoms with Gasteiger partial charge in [0.15, 0.2) is 5.78 Å². The summed E-state index contributed by atoms with van der Waals surface area (Å²) in [6.45, 7) is 0. The summed E-state index contributed by atoms with van der Waals surface area (Å²) in [5, 5.41) is 9.86. The van der Waals surface area contributed by atoms with Gasteiger partial charge in [-0.1, -0.05) is 60.1 Å². The Balaban J connectivity index is 1.80. The molecule has 2 nitrogen and oxygen atoms in total. The minimum absolute atomic E-state index is 0.0144. The largest absolute Gasteiger partial charge is 0.298 e. The van der Waals surface area contributed by atoms with Crippen LogP contribution in [0.2, 0.25) is 5.02 Å². The molecule has 0 saturated heterocycles. The van der Waals surface area contributed by atoms with Crippen LogP contribution in [0.3, 0.4) is 0 Å². The standard InChI is InChI=1S/C18H14ClNO/c19-17-9-5-4-8-13(17)16(11-20)18(21)15-10-14(15)12-6-2-1-3-7-12/h1-9,14-16H,10H2. The third kappa shape index (κ3) is 2.70. The van der Waals surface area contributed by atoms with Gasteiger partial charge in [0.2, 0.25) is 0 Å². The summed E-state index contributed by atoms with van der Waals surface area (Å²) in [6.07, 6.45) is 0.825. The lowest BCUT2D eigenvalue weighted by Gasteiger charge is -2.10. The first-order chi connectivity index (χ1) is 10.2. The molecule has 0 aliphatic heterocycles. The zero-order valence-electron chi connectivity index (χ0n) is 11.4. The highest BCUT2D eigenvalue weighted by molar-refractivity contribution is 6.31. The van der Waals surface area contributed by atoms with Crippen LogP contribution in [0.15, 0.2) is 54.6 Å². The molecule has 0 heterocycles. The minimum Gasteiger partial charge on any atom is -0.298 e. The zero-order valence-corrected chi connectivity index (χ0v) is 12.1. The van der Waals surface area contributed by atoms with E-state index in [1.54, 1.807) is 24.3 Å². The fourth-order valence-corrected chi connectivity index (χ4v) is 3.03. The lowest BCUT2D eigenvalue weighted by Crippen LogP contribution is -2.14. The fraction of sp³-hybridized carbons (Fsp3) is 0.222. The van der Waals surface area contributed by atoms with Crippen molar-refractivity contribution < 1.29 is 4.79 Å². The molecule has 3 rings (SSSR count). The topological polar surface area (TPSA) is 40.9 Å². The van der Waals surface area contributed by atoms with Crippen molar-refractivity contribution in [2.45, 2.75) is 18.3 Å². The van der Waals surface area contributed by atoms with E-state index in [-0.39, 0.29) is 17.6 Å². The van der Waals surface area contributed by atoms with Gasteiger partial charge in [-0.05, 0) is 29.5 Å². The molecule has 0 amide bonds. The normalized spacial score (nSPS) is 21.3. The van der Waals surface area contributed by atoms with E-state index in [1.807, 2.05) is 30.3 Å². The predicted molar refractivity (Wildman–Crippen MR) is 82.1 cm³/mol. The van der Waals surface area contributed by atoms with Gasteiger partial charge in [-0.15, -0.1) is 0 Å². The van der Waals surface area contributed by atoms with E-state index in [1.165, 1.54) is 5.56 Å². The summed E-state index contributed by atoms with van der Waals surface area (Å²) in [6, 6.07) is 19.2. The maximum absolute atomic E-state index is 12.6. The second kappa shape index (κ2) is 5.71. The first kappa shape index (κ1) is 13.9. The van der Waals surface area contributed by atoms with Crippen molar-refractivity contribution in [2.75, 3.05) is 0 Å². The molecule has 1 fully saturated rings. The molecule has 0 aromatic heterocycles. The molecule has 0 bridgehead atoms. The minimum atomic E-state index is -0.766. The SMILES string of the molecule is N#CC(C(=O)C1CC1c1ccccc1)c1ccccc1Cl. The number of rotatable bonds is 4. The first-order valence-electron chi connectivity index (χ1n) is 6.95. The van der Waals surface area contributed by atoms with Crippen LogP contribution in [0.5, 0.6) is 0 Å². The van der Waals surface area contributed by atoms with E-state index in [4.69, 9.17) is 11.6 Å². The monoisotopic (exact) mass is 295 g/mol. The average molecular weight is 296 g/mol. The molecule has 104 valence electrons. The van der Waals surface area contributed by atoms with Crippen LogP contribution in [0.4, 0.5) is 0 Å². The van der Waals surface area contributed by atoms with Gasteiger partial charge in [-0.3, -0.25) is 4.79 Å². The van der Waals surface area contributed by atoms with Crippen LogP contribution < -0.4 is 0 Å². The Bertz CT molecular complexity index is 705. The maximum atomic E-state index is 12.6. The van der Waals surface area contributed by atoms with Gasteiger partial charge < -0.3 is 0 Å². The molecular weight excluding hydrogens is 282 g/mol. The Labute approximate surface area is 129 Å². The summed E-state index contributed by atoms with van der Waals surface area (Å²) in [7, 11) is 0. The molecule has 2 aromatic rings. The van der Waals surface area contributed by atoms with Crippen LogP contribution >= 0.6 is 11.6 Å². The maximum Gasteiger partial charge on any atom is 0.158 e. The molecule has 3 unspecified atom stereocenters. The van der Waals surface area contributed by atoms with Crippen molar-refractivity contribution in [1.29, 1.82) is 5.26 Å². The van der Waals surface area contributed by atoms with Crippen molar-refractivity contribution in [3.8, 4) is 6.07 Å². The number of benzene rings is 2. The number of hydrogen-bond acceptors (Lipinski definition) is 2. The van der Waals surface area contributed by atoms with Crippen molar-refractivity contribution in [1.82, 2.24) is 0 Å². The van der Waals surface area contributed by atoms with Crippen LogP contribution in [0.25, 0.3) is 0 Å². The van der Waals surface area contributed by atoms with E-state index >= 15 is 0 Å². The highest BCUT2D eigenvalue weighted by Crippen LogP contribution is 2.50. The summed E-state index contributed by atoms with van der Waals surface area (Å²) in [5.74, 6) is -0.595. The summed E-state index contributed by atoms with van der Waals surface area (Å²) in [4.78, 5) is 12.6. The zero-order chi connectivity index (χ0) is 14.8. The molecule has 1 saturated carbocycles. The van der Waals surface area contributed by atoms with E-state index in [0.717, 1.165) is 6.42 Å². The third-order valence-electron chi connectivity index (χ3n) is 4.01. The van der Waals surface area contributed by atoms with E-state index in [9.17, 15) is 10.1 Å². The Kier molecular flexibility index (Phi) is 3.77. The Hall–Kier alpha value is -2.11. The fourth-order valence-electron chi connectivity index (χ4n) is 2.79. The number of Topliss-reactive ketones (excluding diaryl/α,β-unsaturated/α-hetero) is 1. The second-order valence-corrected chi connectivity index (χ2v) is 5.75. The molecule has 21 heavy (non-hydrogen) atoms. The van der Waals surface area contributed by atoms with Crippen molar-refractivity contribution in [2.24, 2.45) is 5.92 Å². The van der Waals surface area contributed by atoms with Crippen molar-refractivity contribution in [3.05, 3.63) is 70.7 Å². The predicted octanol–water partition coefficient (Wildman–Crippen LogP) is 4.32. The average Bonchev–Trinajstić information content (AvgIpc) is 3.31. The molecule has 3 atom stereocenters. The molecule has 0 radical (unpaired) electrons. The van der Waals surface area contributed by atoms with E-state index < -0.39 is 5.92 Å². The number of nitrogens with zero attached hydrogens (tertiary/aromatic N) is 1. The third-order valence-corrected chi connectivity index (χ3v) is 4.36. The molecule has 0 N–H and O–H groups in total. The number of carbonyl (C=O) groups excluding carboxylic acids is 1. The molecule has 2 aromatic carbocycles. The molecule has 0 spiro atoms. The van der Waals surface area contributed by atoms with Crippen molar-refractivity contribution in [3.63, 3.8) is 0 Å². The van der Waals surface area contributed by atoms with Gasteiger partial charge in [0.05, 0.1) is 6.07 Å². The second-order valence-electron chi connectivity index (χ2n) is 5.35. The highest BCUT2D eigenvalue weighted by Gasteiger charge is 2.46. The number of hydrogen-bond donors (Lipinski definition) is 0. The van der Waals surface area contributed by atoms with Crippen molar-refractivity contribution >= 4 is 17.4 Å². The van der Waals surface area contributed by atoms with Crippen LogP contribution in [0.1, 0.15) is 29.4 Å². The summed E-state index contributed by atoms with van der Waals surface area (Å²) < 4.78 is 0. The highest BCUT2D eigenvalue weighted by atomic mass is 35.5. The first-order valence-corrected chi connectivity index (χ1v) is 7.33. The molecule has 3 heteroatoms. The lowest BCUT2D eigenvalue weighted by molar-refractivity contribution is -0.120.